The molecule has 104 valence electrons. The van der Waals surface area contributed by atoms with Gasteiger partial charge in [-0.1, -0.05) is 12.8 Å². The molecule has 2 N–H and O–H groups in total. The van der Waals surface area contributed by atoms with Gasteiger partial charge < -0.3 is 10.5 Å². The Kier molecular flexibility index (Phi) is 3.59. The zero-order valence-electron chi connectivity index (χ0n) is 11.8. The third-order valence-corrected chi connectivity index (χ3v) is 4.99. The first-order valence-corrected chi connectivity index (χ1v) is 7.50. The molecule has 1 aliphatic heterocycles. The maximum absolute atomic E-state index is 6.53. The Balaban J connectivity index is 1.76. The smallest absolute Gasteiger partial charge is 0.0685 e. The minimum absolute atomic E-state index is 0.107. The lowest BCUT2D eigenvalue weighted by atomic mass is 9.78. The molecule has 2 heterocycles. The van der Waals surface area contributed by atoms with Crippen LogP contribution in [-0.4, -0.2) is 17.2 Å². The number of rotatable bonds is 2. The minimum atomic E-state index is 0.107. The van der Waals surface area contributed by atoms with Crippen molar-refractivity contribution in [1.29, 1.82) is 0 Å². The van der Waals surface area contributed by atoms with E-state index in [2.05, 4.69) is 18.0 Å². The molecular formula is C16H24N2O. The lowest BCUT2D eigenvalue weighted by molar-refractivity contribution is -0.0964. The average Bonchev–Trinajstić information content (AvgIpc) is 2.86. The minimum Gasteiger partial charge on any atom is -0.375 e. The SMILES string of the molecule is Cc1ccncc1C(N)C1CCOC2(CCCC2)C1. The van der Waals surface area contributed by atoms with Crippen LogP contribution in [0.1, 0.15) is 55.7 Å². The first-order chi connectivity index (χ1) is 9.20. The van der Waals surface area contributed by atoms with Crippen molar-refractivity contribution >= 4 is 0 Å². The zero-order valence-corrected chi connectivity index (χ0v) is 11.8. The van der Waals surface area contributed by atoms with Crippen molar-refractivity contribution in [3.63, 3.8) is 0 Å². The van der Waals surface area contributed by atoms with Gasteiger partial charge in [0.2, 0.25) is 0 Å². The molecule has 19 heavy (non-hydrogen) atoms. The Labute approximate surface area is 115 Å². The van der Waals surface area contributed by atoms with Crippen LogP contribution in [-0.2, 0) is 4.74 Å². The highest BCUT2D eigenvalue weighted by atomic mass is 16.5. The van der Waals surface area contributed by atoms with Crippen molar-refractivity contribution in [2.75, 3.05) is 6.61 Å². The summed E-state index contributed by atoms with van der Waals surface area (Å²) >= 11 is 0. The van der Waals surface area contributed by atoms with Gasteiger partial charge in [-0.3, -0.25) is 4.98 Å². The second kappa shape index (κ2) is 5.22. The monoisotopic (exact) mass is 260 g/mol. The third kappa shape index (κ3) is 2.54. The summed E-state index contributed by atoms with van der Waals surface area (Å²) < 4.78 is 6.10. The van der Waals surface area contributed by atoms with E-state index in [4.69, 9.17) is 10.5 Å². The van der Waals surface area contributed by atoms with E-state index >= 15 is 0 Å². The first-order valence-electron chi connectivity index (χ1n) is 7.50. The predicted octanol–water partition coefficient (Wildman–Crippen LogP) is 3.13. The van der Waals surface area contributed by atoms with Gasteiger partial charge in [0.15, 0.2) is 0 Å². The number of pyridine rings is 1. The van der Waals surface area contributed by atoms with E-state index in [-0.39, 0.29) is 11.6 Å². The fraction of sp³-hybridized carbons (Fsp3) is 0.688. The Morgan fingerprint density at radius 2 is 2.21 bits per heavy atom. The molecule has 1 saturated carbocycles. The van der Waals surface area contributed by atoms with Crippen LogP contribution in [0.5, 0.6) is 0 Å². The van der Waals surface area contributed by atoms with E-state index in [9.17, 15) is 0 Å². The largest absolute Gasteiger partial charge is 0.375 e. The molecule has 2 aliphatic rings. The molecule has 2 atom stereocenters. The van der Waals surface area contributed by atoms with E-state index < -0.39 is 0 Å². The highest BCUT2D eigenvalue weighted by molar-refractivity contribution is 5.25. The summed E-state index contributed by atoms with van der Waals surface area (Å²) in [6, 6.07) is 2.16. The summed E-state index contributed by atoms with van der Waals surface area (Å²) in [6.45, 7) is 3.00. The van der Waals surface area contributed by atoms with Gasteiger partial charge in [0.1, 0.15) is 0 Å². The Morgan fingerprint density at radius 1 is 1.42 bits per heavy atom. The van der Waals surface area contributed by atoms with Crippen LogP contribution in [0, 0.1) is 12.8 Å². The van der Waals surface area contributed by atoms with Crippen molar-refractivity contribution < 1.29 is 4.74 Å². The number of hydrogen-bond donors (Lipinski definition) is 1. The van der Waals surface area contributed by atoms with E-state index in [0.29, 0.717) is 5.92 Å². The first kappa shape index (κ1) is 13.1. The number of nitrogens with zero attached hydrogens (tertiary/aromatic N) is 1. The fourth-order valence-electron chi connectivity index (χ4n) is 3.82. The van der Waals surface area contributed by atoms with E-state index in [1.165, 1.54) is 36.8 Å². The molecule has 0 radical (unpaired) electrons. The van der Waals surface area contributed by atoms with E-state index in [1.54, 1.807) is 0 Å². The predicted molar refractivity (Wildman–Crippen MR) is 75.8 cm³/mol. The highest BCUT2D eigenvalue weighted by Gasteiger charge is 2.41. The molecule has 1 saturated heterocycles. The standard InChI is InChI=1S/C16H24N2O/c1-12-4-8-18-11-14(12)15(17)13-5-9-19-16(10-13)6-2-3-7-16/h4,8,11,13,15H,2-3,5-7,9-10,17H2,1H3. The van der Waals surface area contributed by atoms with Crippen LogP contribution in [0.2, 0.25) is 0 Å². The second-order valence-corrected chi connectivity index (χ2v) is 6.25. The van der Waals surface area contributed by atoms with Crippen molar-refractivity contribution in [3.8, 4) is 0 Å². The summed E-state index contributed by atoms with van der Waals surface area (Å²) in [5, 5.41) is 0. The van der Waals surface area contributed by atoms with Crippen LogP contribution in [0.15, 0.2) is 18.5 Å². The zero-order chi connectivity index (χ0) is 13.3. The number of aryl methyl sites for hydroxylation is 1. The van der Waals surface area contributed by atoms with Gasteiger partial charge in [-0.15, -0.1) is 0 Å². The molecule has 3 nitrogen and oxygen atoms in total. The highest BCUT2D eigenvalue weighted by Crippen LogP contribution is 2.44. The third-order valence-electron chi connectivity index (χ3n) is 4.99. The molecule has 0 bridgehead atoms. The van der Waals surface area contributed by atoms with Crippen molar-refractivity contribution in [2.24, 2.45) is 11.7 Å². The normalized spacial score (nSPS) is 27.6. The van der Waals surface area contributed by atoms with Crippen LogP contribution >= 0.6 is 0 Å². The van der Waals surface area contributed by atoms with Crippen LogP contribution in [0.4, 0.5) is 0 Å². The van der Waals surface area contributed by atoms with E-state index in [0.717, 1.165) is 19.4 Å². The second-order valence-electron chi connectivity index (χ2n) is 6.25. The molecular weight excluding hydrogens is 236 g/mol. The van der Waals surface area contributed by atoms with Gasteiger partial charge in [-0.25, -0.2) is 0 Å². The topological polar surface area (TPSA) is 48.1 Å². The van der Waals surface area contributed by atoms with Gasteiger partial charge in [-0.05, 0) is 55.7 Å². The summed E-state index contributed by atoms with van der Waals surface area (Å²) in [7, 11) is 0. The van der Waals surface area contributed by atoms with Crippen LogP contribution in [0.3, 0.4) is 0 Å². The van der Waals surface area contributed by atoms with Gasteiger partial charge in [0, 0.05) is 25.0 Å². The lowest BCUT2D eigenvalue weighted by Gasteiger charge is -2.40. The number of nitrogens with two attached hydrogens (primary N) is 1. The Hall–Kier alpha value is -0.930. The molecule has 1 aromatic rings. The van der Waals surface area contributed by atoms with Crippen LogP contribution < -0.4 is 5.73 Å². The molecule has 1 aromatic heterocycles. The maximum Gasteiger partial charge on any atom is 0.0685 e. The Bertz CT molecular complexity index is 440. The van der Waals surface area contributed by atoms with Crippen molar-refractivity contribution in [3.05, 3.63) is 29.6 Å². The van der Waals surface area contributed by atoms with Gasteiger partial charge in [0.05, 0.1) is 5.60 Å². The number of hydrogen-bond acceptors (Lipinski definition) is 3. The van der Waals surface area contributed by atoms with Crippen LogP contribution in [0.25, 0.3) is 0 Å². The quantitative estimate of drug-likeness (QED) is 0.888. The summed E-state index contributed by atoms with van der Waals surface area (Å²) in [6.07, 6.45) is 11.1. The maximum atomic E-state index is 6.53. The van der Waals surface area contributed by atoms with Gasteiger partial charge >= 0.3 is 0 Å². The number of ether oxygens (including phenoxy) is 1. The summed E-state index contributed by atoms with van der Waals surface area (Å²) in [5.41, 5.74) is 9.14. The van der Waals surface area contributed by atoms with Crippen molar-refractivity contribution in [2.45, 2.75) is 57.1 Å². The molecule has 0 aromatic carbocycles. The van der Waals surface area contributed by atoms with Gasteiger partial charge in [0.25, 0.3) is 0 Å². The fourth-order valence-corrected chi connectivity index (χ4v) is 3.82. The molecule has 3 heteroatoms. The Morgan fingerprint density at radius 3 is 2.95 bits per heavy atom. The molecule has 1 spiro atoms. The van der Waals surface area contributed by atoms with Crippen molar-refractivity contribution in [1.82, 2.24) is 4.98 Å². The number of aromatic nitrogens is 1. The lowest BCUT2D eigenvalue weighted by Crippen LogP contribution is -2.40. The summed E-state index contributed by atoms with van der Waals surface area (Å²) in [5.74, 6) is 0.537. The average molecular weight is 260 g/mol. The molecule has 1 aliphatic carbocycles. The van der Waals surface area contributed by atoms with E-state index in [1.807, 2.05) is 12.4 Å². The summed E-state index contributed by atoms with van der Waals surface area (Å²) in [4.78, 5) is 4.24. The molecule has 3 rings (SSSR count). The van der Waals surface area contributed by atoms with Gasteiger partial charge in [-0.2, -0.15) is 0 Å². The molecule has 0 amide bonds. The molecule has 2 unspecified atom stereocenters. The molecule has 2 fully saturated rings.